The molecule has 0 saturated heterocycles. The van der Waals surface area contributed by atoms with E-state index in [1.807, 2.05) is 29.1 Å². The Hall–Kier alpha value is -1.36. The van der Waals surface area contributed by atoms with Gasteiger partial charge in [-0.2, -0.15) is 5.10 Å². The van der Waals surface area contributed by atoms with E-state index in [4.69, 9.17) is 0 Å². The SMILES string of the molecule is CCCn1nccc1CNc1cccnc1Br. The molecule has 0 aliphatic heterocycles. The molecule has 4 nitrogen and oxygen atoms in total. The smallest absolute Gasteiger partial charge is 0.129 e. The summed E-state index contributed by atoms with van der Waals surface area (Å²) < 4.78 is 2.86. The van der Waals surface area contributed by atoms with E-state index >= 15 is 0 Å². The molecule has 5 heteroatoms. The molecule has 1 N–H and O–H groups in total. The zero-order valence-corrected chi connectivity index (χ0v) is 11.3. The van der Waals surface area contributed by atoms with E-state index in [2.05, 4.69) is 38.3 Å². The Morgan fingerprint density at radius 3 is 3.00 bits per heavy atom. The Morgan fingerprint density at radius 1 is 1.35 bits per heavy atom. The lowest BCUT2D eigenvalue weighted by Gasteiger charge is -2.09. The molecule has 2 aromatic rings. The van der Waals surface area contributed by atoms with Crippen molar-refractivity contribution in [3.8, 4) is 0 Å². The fourth-order valence-corrected chi connectivity index (χ4v) is 2.02. The van der Waals surface area contributed by atoms with Gasteiger partial charge in [-0.3, -0.25) is 4.68 Å². The van der Waals surface area contributed by atoms with E-state index in [1.54, 1.807) is 6.20 Å². The maximum Gasteiger partial charge on any atom is 0.129 e. The topological polar surface area (TPSA) is 42.7 Å². The molecule has 0 spiro atoms. The molecule has 0 radical (unpaired) electrons. The normalized spacial score (nSPS) is 10.5. The highest BCUT2D eigenvalue weighted by Crippen LogP contribution is 2.19. The van der Waals surface area contributed by atoms with E-state index in [0.29, 0.717) is 0 Å². The summed E-state index contributed by atoms with van der Waals surface area (Å²) in [4.78, 5) is 4.17. The zero-order valence-electron chi connectivity index (χ0n) is 9.73. The Bertz CT molecular complexity index is 481. The van der Waals surface area contributed by atoms with Crippen LogP contribution in [-0.2, 0) is 13.1 Å². The minimum atomic E-state index is 0.754. The highest BCUT2D eigenvalue weighted by molar-refractivity contribution is 9.10. The van der Waals surface area contributed by atoms with Crippen molar-refractivity contribution in [2.75, 3.05) is 5.32 Å². The highest BCUT2D eigenvalue weighted by atomic mass is 79.9. The van der Waals surface area contributed by atoms with Crippen molar-refractivity contribution in [1.29, 1.82) is 0 Å². The molecule has 0 fully saturated rings. The molecule has 2 heterocycles. The summed E-state index contributed by atoms with van der Waals surface area (Å²) in [6.07, 6.45) is 4.69. The number of rotatable bonds is 5. The predicted octanol–water partition coefficient (Wildman–Crippen LogP) is 3.06. The van der Waals surface area contributed by atoms with Crippen molar-refractivity contribution in [2.45, 2.75) is 26.4 Å². The Labute approximate surface area is 109 Å². The number of halogens is 1. The second-order valence-electron chi connectivity index (χ2n) is 3.74. The van der Waals surface area contributed by atoms with Crippen molar-refractivity contribution >= 4 is 21.6 Å². The van der Waals surface area contributed by atoms with Gasteiger partial charge in [0.05, 0.1) is 17.9 Å². The molecule has 0 amide bonds. The summed E-state index contributed by atoms with van der Waals surface area (Å²) in [5.74, 6) is 0. The summed E-state index contributed by atoms with van der Waals surface area (Å²) in [5, 5.41) is 7.63. The molecule has 2 rings (SSSR count). The third-order valence-electron chi connectivity index (χ3n) is 2.46. The molecule has 0 unspecified atom stereocenters. The molecule has 0 atom stereocenters. The number of hydrogen-bond acceptors (Lipinski definition) is 3. The van der Waals surface area contributed by atoms with E-state index in [-0.39, 0.29) is 0 Å². The first-order chi connectivity index (χ1) is 8.31. The van der Waals surface area contributed by atoms with Gasteiger partial charge >= 0.3 is 0 Å². The number of nitrogens with zero attached hydrogens (tertiary/aromatic N) is 3. The zero-order chi connectivity index (χ0) is 12.1. The molecule has 0 saturated carbocycles. The molecule has 0 aromatic carbocycles. The predicted molar refractivity (Wildman–Crippen MR) is 71.8 cm³/mol. The van der Waals surface area contributed by atoms with Crippen LogP contribution in [0.3, 0.4) is 0 Å². The van der Waals surface area contributed by atoms with Gasteiger partial charge in [0.2, 0.25) is 0 Å². The fourth-order valence-electron chi connectivity index (χ4n) is 1.63. The average molecular weight is 295 g/mol. The fraction of sp³-hybridized carbons (Fsp3) is 0.333. The highest BCUT2D eigenvalue weighted by Gasteiger charge is 2.03. The molecule has 17 heavy (non-hydrogen) atoms. The summed E-state index contributed by atoms with van der Waals surface area (Å²) >= 11 is 3.41. The van der Waals surface area contributed by atoms with E-state index in [1.165, 1.54) is 5.69 Å². The van der Waals surface area contributed by atoms with E-state index < -0.39 is 0 Å². The molecular formula is C12H15BrN4. The van der Waals surface area contributed by atoms with Gasteiger partial charge in [-0.15, -0.1) is 0 Å². The minimum Gasteiger partial charge on any atom is -0.377 e. The van der Waals surface area contributed by atoms with Gasteiger partial charge in [-0.05, 0) is 40.5 Å². The number of pyridine rings is 1. The van der Waals surface area contributed by atoms with Gasteiger partial charge < -0.3 is 5.32 Å². The maximum atomic E-state index is 4.29. The monoisotopic (exact) mass is 294 g/mol. The van der Waals surface area contributed by atoms with Gasteiger partial charge in [0.15, 0.2) is 0 Å². The minimum absolute atomic E-state index is 0.754. The largest absolute Gasteiger partial charge is 0.377 e. The summed E-state index contributed by atoms with van der Waals surface area (Å²) in [7, 11) is 0. The number of anilines is 1. The Kier molecular flexibility index (Phi) is 4.14. The third-order valence-corrected chi connectivity index (χ3v) is 3.09. The van der Waals surface area contributed by atoms with Crippen LogP contribution in [0, 0.1) is 0 Å². The molecule has 90 valence electrons. The van der Waals surface area contributed by atoms with Crippen LogP contribution in [-0.4, -0.2) is 14.8 Å². The Balaban J connectivity index is 2.02. The summed E-state index contributed by atoms with van der Waals surface area (Å²) in [6.45, 7) is 3.86. The lowest BCUT2D eigenvalue weighted by molar-refractivity contribution is 0.578. The molecule has 0 bridgehead atoms. The number of hydrogen-bond donors (Lipinski definition) is 1. The maximum absolute atomic E-state index is 4.29. The first-order valence-electron chi connectivity index (χ1n) is 5.66. The van der Waals surface area contributed by atoms with Gasteiger partial charge in [0, 0.05) is 18.9 Å². The van der Waals surface area contributed by atoms with Gasteiger partial charge in [-0.25, -0.2) is 4.98 Å². The van der Waals surface area contributed by atoms with E-state index in [9.17, 15) is 0 Å². The van der Waals surface area contributed by atoms with Crippen molar-refractivity contribution in [3.63, 3.8) is 0 Å². The van der Waals surface area contributed by atoms with Crippen molar-refractivity contribution < 1.29 is 0 Å². The standard InChI is InChI=1S/C12H15BrN4/c1-2-8-17-10(5-7-16-17)9-15-11-4-3-6-14-12(11)13/h3-7,15H,2,8-9H2,1H3. The van der Waals surface area contributed by atoms with Crippen molar-refractivity contribution in [1.82, 2.24) is 14.8 Å². The molecular weight excluding hydrogens is 280 g/mol. The Morgan fingerprint density at radius 2 is 2.24 bits per heavy atom. The number of aryl methyl sites for hydroxylation is 1. The van der Waals surface area contributed by atoms with Crippen LogP contribution >= 0.6 is 15.9 Å². The summed E-state index contributed by atoms with van der Waals surface area (Å²) in [6, 6.07) is 5.95. The van der Waals surface area contributed by atoms with Gasteiger partial charge in [-0.1, -0.05) is 6.92 Å². The second-order valence-corrected chi connectivity index (χ2v) is 4.49. The molecule has 2 aromatic heterocycles. The van der Waals surface area contributed by atoms with Crippen LogP contribution in [0.25, 0.3) is 0 Å². The first kappa shape index (κ1) is 12.1. The van der Waals surface area contributed by atoms with E-state index in [0.717, 1.165) is 29.8 Å². The van der Waals surface area contributed by atoms with Crippen molar-refractivity contribution in [3.05, 3.63) is 40.9 Å². The first-order valence-corrected chi connectivity index (χ1v) is 6.45. The summed E-state index contributed by atoms with van der Waals surface area (Å²) in [5.41, 5.74) is 2.18. The lowest BCUT2D eigenvalue weighted by Crippen LogP contribution is -2.09. The number of aromatic nitrogens is 3. The van der Waals surface area contributed by atoms with Crippen LogP contribution < -0.4 is 5.32 Å². The van der Waals surface area contributed by atoms with Crippen LogP contribution in [0.15, 0.2) is 35.2 Å². The van der Waals surface area contributed by atoms with Crippen molar-refractivity contribution in [2.24, 2.45) is 0 Å². The lowest BCUT2D eigenvalue weighted by atomic mass is 10.3. The molecule has 0 aliphatic carbocycles. The van der Waals surface area contributed by atoms with Gasteiger partial charge in [0.1, 0.15) is 4.60 Å². The van der Waals surface area contributed by atoms with Crippen LogP contribution in [0.4, 0.5) is 5.69 Å². The third kappa shape index (κ3) is 3.06. The van der Waals surface area contributed by atoms with Crippen LogP contribution in [0.5, 0.6) is 0 Å². The number of nitrogens with one attached hydrogen (secondary N) is 1. The quantitative estimate of drug-likeness (QED) is 0.862. The van der Waals surface area contributed by atoms with Gasteiger partial charge in [0.25, 0.3) is 0 Å². The van der Waals surface area contributed by atoms with Crippen LogP contribution in [0.1, 0.15) is 19.0 Å². The second kappa shape index (κ2) is 5.82. The van der Waals surface area contributed by atoms with Crippen LogP contribution in [0.2, 0.25) is 0 Å². The molecule has 0 aliphatic rings. The average Bonchev–Trinajstić information content (AvgIpc) is 2.76.